The molecule has 1 aliphatic carbocycles. The lowest BCUT2D eigenvalue weighted by molar-refractivity contribution is 0.643. The van der Waals surface area contributed by atoms with Gasteiger partial charge in [0.1, 0.15) is 0 Å². The van der Waals surface area contributed by atoms with Gasteiger partial charge in [-0.25, -0.2) is 4.98 Å². The highest BCUT2D eigenvalue weighted by atomic mass is 79.9. The second-order valence-corrected chi connectivity index (χ2v) is 4.47. The first kappa shape index (κ1) is 9.51. The smallest absolute Gasteiger partial charge is 0.276 e. The van der Waals surface area contributed by atoms with Crippen molar-refractivity contribution in [1.82, 2.24) is 9.66 Å². The molecule has 14 heavy (non-hydrogen) atoms. The van der Waals surface area contributed by atoms with Crippen LogP contribution in [0, 0.1) is 0 Å². The van der Waals surface area contributed by atoms with Gasteiger partial charge in [0.2, 0.25) is 5.95 Å². The summed E-state index contributed by atoms with van der Waals surface area (Å²) in [6.45, 7) is 0. The molecule has 1 unspecified atom stereocenters. The molecule has 4 N–H and O–H groups in total. The molecule has 1 atom stereocenters. The zero-order valence-electron chi connectivity index (χ0n) is 7.53. The summed E-state index contributed by atoms with van der Waals surface area (Å²) in [4.78, 5) is 15.9. The van der Waals surface area contributed by atoms with Gasteiger partial charge in [-0.3, -0.25) is 4.79 Å². The van der Waals surface area contributed by atoms with Gasteiger partial charge in [0.25, 0.3) is 5.56 Å². The van der Waals surface area contributed by atoms with Crippen LogP contribution in [0.3, 0.4) is 0 Å². The van der Waals surface area contributed by atoms with Crippen LogP contribution in [0.2, 0.25) is 0 Å². The molecule has 0 spiro atoms. The Balaban J connectivity index is 2.70. The van der Waals surface area contributed by atoms with Crippen molar-refractivity contribution in [3.05, 3.63) is 21.6 Å². The van der Waals surface area contributed by atoms with Gasteiger partial charge in [0, 0.05) is 5.56 Å². The van der Waals surface area contributed by atoms with Crippen molar-refractivity contribution < 1.29 is 0 Å². The predicted octanol–water partition coefficient (Wildman–Crippen LogP) is 0.312. The number of hydrogen-bond acceptors (Lipinski definition) is 4. The largest absolute Gasteiger partial charge is 0.368 e. The van der Waals surface area contributed by atoms with Crippen LogP contribution in [0.4, 0.5) is 5.95 Å². The van der Waals surface area contributed by atoms with E-state index in [0.29, 0.717) is 5.56 Å². The van der Waals surface area contributed by atoms with Gasteiger partial charge in [-0.2, -0.15) is 4.68 Å². The standard InChI is InChI=1S/C8H11BrN4O/c9-5-3-1-2-4-6(5)12-8(10)13(11)7(4)14/h5H,1-3,11H2,(H2,10,12). The lowest BCUT2D eigenvalue weighted by Crippen LogP contribution is -2.35. The number of nitrogen functional groups attached to an aromatic ring is 2. The molecular weight excluding hydrogens is 248 g/mol. The van der Waals surface area contributed by atoms with Crippen LogP contribution in [0.15, 0.2) is 4.79 Å². The summed E-state index contributed by atoms with van der Waals surface area (Å²) < 4.78 is 0.907. The maximum absolute atomic E-state index is 11.7. The molecule has 0 bridgehead atoms. The topological polar surface area (TPSA) is 86.9 Å². The van der Waals surface area contributed by atoms with Crippen molar-refractivity contribution in [3.63, 3.8) is 0 Å². The van der Waals surface area contributed by atoms with Crippen molar-refractivity contribution in [1.29, 1.82) is 0 Å². The van der Waals surface area contributed by atoms with Crippen LogP contribution in [-0.2, 0) is 6.42 Å². The third-order valence-electron chi connectivity index (χ3n) is 2.45. The number of nitrogens with zero attached hydrogens (tertiary/aromatic N) is 2. The molecule has 0 aliphatic heterocycles. The maximum atomic E-state index is 11.7. The molecule has 1 aliphatic rings. The summed E-state index contributed by atoms with van der Waals surface area (Å²) in [7, 11) is 0. The molecule has 0 fully saturated rings. The molecule has 1 aromatic heterocycles. The molecule has 0 saturated carbocycles. The molecule has 1 heterocycles. The fourth-order valence-electron chi connectivity index (χ4n) is 1.69. The first-order chi connectivity index (χ1) is 6.61. The zero-order chi connectivity index (χ0) is 10.3. The molecule has 0 aromatic carbocycles. The molecule has 0 radical (unpaired) electrons. The minimum Gasteiger partial charge on any atom is -0.368 e. The molecular formula is C8H11BrN4O. The van der Waals surface area contributed by atoms with Crippen molar-refractivity contribution in [3.8, 4) is 0 Å². The molecule has 0 amide bonds. The number of fused-ring (bicyclic) bond motifs is 1. The van der Waals surface area contributed by atoms with Crippen molar-refractivity contribution in [2.45, 2.75) is 24.1 Å². The SMILES string of the molecule is Nc1nc2c(c(=O)n1N)CCCC2Br. The summed E-state index contributed by atoms with van der Waals surface area (Å²) in [5, 5.41) is 0. The van der Waals surface area contributed by atoms with E-state index >= 15 is 0 Å². The third kappa shape index (κ3) is 1.30. The first-order valence-corrected chi connectivity index (χ1v) is 5.33. The Morgan fingerprint density at radius 3 is 3.00 bits per heavy atom. The van der Waals surface area contributed by atoms with Crippen LogP contribution >= 0.6 is 15.9 Å². The molecule has 6 heteroatoms. The minimum absolute atomic E-state index is 0.0695. The van der Waals surface area contributed by atoms with E-state index in [1.54, 1.807) is 0 Å². The van der Waals surface area contributed by atoms with Gasteiger partial charge in [-0.1, -0.05) is 15.9 Å². The number of rotatable bonds is 0. The molecule has 1 aromatic rings. The lowest BCUT2D eigenvalue weighted by atomic mass is 9.97. The molecule has 76 valence electrons. The van der Waals surface area contributed by atoms with Crippen LogP contribution in [0.5, 0.6) is 0 Å². The maximum Gasteiger partial charge on any atom is 0.276 e. The predicted molar refractivity (Wildman–Crippen MR) is 57.7 cm³/mol. The first-order valence-electron chi connectivity index (χ1n) is 4.41. The van der Waals surface area contributed by atoms with Crippen LogP contribution in [-0.4, -0.2) is 9.66 Å². The van der Waals surface area contributed by atoms with Crippen molar-refractivity contribution in [2.75, 3.05) is 11.6 Å². The highest BCUT2D eigenvalue weighted by Gasteiger charge is 2.23. The van der Waals surface area contributed by atoms with Gasteiger partial charge in [0.05, 0.1) is 10.5 Å². The Kier molecular flexibility index (Phi) is 2.22. The quantitative estimate of drug-likeness (QED) is 0.518. The van der Waals surface area contributed by atoms with Crippen LogP contribution in [0.1, 0.15) is 28.9 Å². The van der Waals surface area contributed by atoms with E-state index in [9.17, 15) is 4.79 Å². The molecule has 5 nitrogen and oxygen atoms in total. The summed E-state index contributed by atoms with van der Waals surface area (Å²) in [6, 6.07) is 0. The second-order valence-electron chi connectivity index (χ2n) is 3.37. The number of halogens is 1. The van der Waals surface area contributed by atoms with Gasteiger partial charge in [-0.15, -0.1) is 0 Å². The van der Waals surface area contributed by atoms with Crippen molar-refractivity contribution in [2.24, 2.45) is 0 Å². The summed E-state index contributed by atoms with van der Waals surface area (Å²) in [6.07, 6.45) is 2.69. The Hall–Kier alpha value is -1.04. The zero-order valence-corrected chi connectivity index (χ0v) is 9.12. The highest BCUT2D eigenvalue weighted by Crippen LogP contribution is 2.33. The fourth-order valence-corrected chi connectivity index (χ4v) is 2.40. The Morgan fingerprint density at radius 1 is 1.57 bits per heavy atom. The molecule has 0 saturated heterocycles. The van der Waals surface area contributed by atoms with E-state index in [2.05, 4.69) is 20.9 Å². The number of aromatic nitrogens is 2. The normalized spacial score (nSPS) is 20.5. The van der Waals surface area contributed by atoms with Gasteiger partial charge in [0.15, 0.2) is 0 Å². The summed E-state index contributed by atoms with van der Waals surface area (Å²) in [5.41, 5.74) is 6.73. The summed E-state index contributed by atoms with van der Waals surface area (Å²) in [5.74, 6) is 5.52. The highest BCUT2D eigenvalue weighted by molar-refractivity contribution is 9.09. The van der Waals surface area contributed by atoms with Crippen molar-refractivity contribution >= 4 is 21.9 Å². The van der Waals surface area contributed by atoms with Crippen LogP contribution < -0.4 is 17.1 Å². The minimum atomic E-state index is -0.225. The Labute approximate surface area is 89.2 Å². The average molecular weight is 259 g/mol. The Bertz CT molecular complexity index is 428. The number of nitrogens with two attached hydrogens (primary N) is 2. The van der Waals surface area contributed by atoms with Gasteiger partial charge < -0.3 is 11.6 Å². The number of anilines is 1. The third-order valence-corrected chi connectivity index (χ3v) is 3.34. The van der Waals surface area contributed by atoms with E-state index in [0.717, 1.165) is 29.6 Å². The summed E-state index contributed by atoms with van der Waals surface area (Å²) >= 11 is 3.47. The monoisotopic (exact) mass is 258 g/mol. The van der Waals surface area contributed by atoms with E-state index in [1.165, 1.54) is 0 Å². The van der Waals surface area contributed by atoms with E-state index in [-0.39, 0.29) is 16.3 Å². The number of hydrogen-bond donors (Lipinski definition) is 2. The van der Waals surface area contributed by atoms with E-state index in [4.69, 9.17) is 11.6 Å². The Morgan fingerprint density at radius 2 is 2.29 bits per heavy atom. The lowest BCUT2D eigenvalue weighted by Gasteiger charge is -2.20. The average Bonchev–Trinajstić information content (AvgIpc) is 2.17. The van der Waals surface area contributed by atoms with E-state index in [1.807, 2.05) is 0 Å². The number of alkyl halides is 1. The van der Waals surface area contributed by atoms with Gasteiger partial charge in [-0.05, 0) is 19.3 Å². The molecule has 2 rings (SSSR count). The second kappa shape index (κ2) is 3.27. The fraction of sp³-hybridized carbons (Fsp3) is 0.500. The van der Waals surface area contributed by atoms with E-state index < -0.39 is 0 Å². The van der Waals surface area contributed by atoms with Crippen LogP contribution in [0.25, 0.3) is 0 Å². The van der Waals surface area contributed by atoms with Gasteiger partial charge >= 0.3 is 0 Å².